The van der Waals surface area contributed by atoms with Crippen molar-refractivity contribution in [2.45, 2.75) is 51.1 Å². The van der Waals surface area contributed by atoms with E-state index < -0.39 is 34.3 Å². The van der Waals surface area contributed by atoms with E-state index in [2.05, 4.69) is 5.32 Å². The van der Waals surface area contributed by atoms with Gasteiger partial charge >= 0.3 is 0 Å². The monoisotopic (exact) mass is 539 g/mol. The summed E-state index contributed by atoms with van der Waals surface area (Å²) < 4.78 is 41.9. The molecule has 3 aromatic carbocycles. The summed E-state index contributed by atoms with van der Waals surface area (Å²) in [5.41, 5.74) is 1.92. The average Bonchev–Trinajstić information content (AvgIpc) is 2.92. The second kappa shape index (κ2) is 13.2. The lowest BCUT2D eigenvalue weighted by atomic mass is 10.1. The Hall–Kier alpha value is -3.72. The van der Waals surface area contributed by atoms with Gasteiger partial charge in [-0.25, -0.2) is 12.8 Å². The molecular weight excluding hydrogens is 505 g/mol. The second-order valence-electron chi connectivity index (χ2n) is 9.07. The minimum absolute atomic E-state index is 0.00654. The Morgan fingerprint density at radius 2 is 1.58 bits per heavy atom. The molecule has 202 valence electrons. The molecule has 2 amide bonds. The molecule has 0 spiro atoms. The highest BCUT2D eigenvalue weighted by Gasteiger charge is 2.32. The summed E-state index contributed by atoms with van der Waals surface area (Å²) in [6.45, 7) is 5.59. The predicted molar refractivity (Wildman–Crippen MR) is 146 cm³/mol. The topological polar surface area (TPSA) is 86.8 Å². The van der Waals surface area contributed by atoms with E-state index in [1.165, 1.54) is 29.2 Å². The molecule has 3 aromatic rings. The summed E-state index contributed by atoms with van der Waals surface area (Å²) in [6.07, 6.45) is 1.71. The van der Waals surface area contributed by atoms with Crippen LogP contribution in [0.25, 0.3) is 0 Å². The third-order valence-corrected chi connectivity index (χ3v) is 8.11. The van der Waals surface area contributed by atoms with Crippen molar-refractivity contribution in [3.63, 3.8) is 0 Å². The number of carbonyl (C=O) groups excluding carboxylic acids is 2. The van der Waals surface area contributed by atoms with Crippen molar-refractivity contribution < 1.29 is 22.4 Å². The van der Waals surface area contributed by atoms with Gasteiger partial charge in [0.05, 0.1) is 10.6 Å². The van der Waals surface area contributed by atoms with E-state index in [-0.39, 0.29) is 23.0 Å². The zero-order valence-electron chi connectivity index (χ0n) is 21.9. The maximum absolute atomic E-state index is 13.8. The quantitative estimate of drug-likeness (QED) is 0.339. The van der Waals surface area contributed by atoms with Gasteiger partial charge in [0, 0.05) is 13.1 Å². The summed E-state index contributed by atoms with van der Waals surface area (Å²) in [5.74, 6) is -1.41. The molecule has 3 rings (SSSR count). The fraction of sp³-hybridized carbons (Fsp3) is 0.310. The summed E-state index contributed by atoms with van der Waals surface area (Å²) in [7, 11) is -4.18. The Morgan fingerprint density at radius 1 is 0.947 bits per heavy atom. The average molecular weight is 540 g/mol. The third kappa shape index (κ3) is 7.19. The maximum Gasteiger partial charge on any atom is 0.264 e. The first-order chi connectivity index (χ1) is 18.1. The smallest absolute Gasteiger partial charge is 0.264 e. The molecule has 1 N–H and O–H groups in total. The van der Waals surface area contributed by atoms with Crippen molar-refractivity contribution in [3.05, 3.63) is 95.8 Å². The molecule has 1 atom stereocenters. The molecule has 0 bridgehead atoms. The number of hydrogen-bond donors (Lipinski definition) is 1. The molecule has 7 nitrogen and oxygen atoms in total. The number of nitrogens with one attached hydrogen (secondary N) is 1. The fourth-order valence-electron chi connectivity index (χ4n) is 3.95. The van der Waals surface area contributed by atoms with Gasteiger partial charge in [0.2, 0.25) is 11.8 Å². The van der Waals surface area contributed by atoms with Crippen LogP contribution in [0, 0.1) is 12.7 Å². The Balaban J connectivity index is 1.99. The van der Waals surface area contributed by atoms with Crippen LogP contribution in [0.4, 0.5) is 10.1 Å². The molecule has 0 aliphatic heterocycles. The Labute approximate surface area is 224 Å². The lowest BCUT2D eigenvalue weighted by molar-refractivity contribution is -0.139. The number of halogens is 1. The van der Waals surface area contributed by atoms with Crippen LogP contribution in [-0.4, -0.2) is 44.3 Å². The highest BCUT2D eigenvalue weighted by Crippen LogP contribution is 2.25. The standard InChI is InChI=1S/C29H34FN3O4S/c1-4-5-19-31-29(35)23(3)32(20-24-12-10-9-11-22(24)2)28(34)21-33(26-17-15-25(30)16-18-26)38(36,37)27-13-7-6-8-14-27/h6-18,23H,4-5,19-21H2,1-3H3,(H,31,35)/t23-/m1/s1. The van der Waals surface area contributed by atoms with Crippen LogP contribution in [0.5, 0.6) is 0 Å². The van der Waals surface area contributed by atoms with Crippen LogP contribution in [0.2, 0.25) is 0 Å². The number of aryl methyl sites for hydroxylation is 1. The number of hydrogen-bond acceptors (Lipinski definition) is 4. The van der Waals surface area contributed by atoms with Crippen molar-refractivity contribution in [3.8, 4) is 0 Å². The van der Waals surface area contributed by atoms with Crippen LogP contribution < -0.4 is 9.62 Å². The molecule has 0 unspecified atom stereocenters. The number of amides is 2. The van der Waals surface area contributed by atoms with E-state index in [9.17, 15) is 22.4 Å². The number of unbranched alkanes of at least 4 members (excludes halogenated alkanes) is 1. The number of carbonyl (C=O) groups is 2. The highest BCUT2D eigenvalue weighted by molar-refractivity contribution is 7.92. The van der Waals surface area contributed by atoms with Gasteiger partial charge in [-0.1, -0.05) is 55.8 Å². The predicted octanol–water partition coefficient (Wildman–Crippen LogP) is 4.66. The van der Waals surface area contributed by atoms with E-state index >= 15 is 0 Å². The second-order valence-corrected chi connectivity index (χ2v) is 10.9. The first kappa shape index (κ1) is 28.8. The van der Waals surface area contributed by atoms with Gasteiger partial charge in [0.15, 0.2) is 0 Å². The van der Waals surface area contributed by atoms with Gasteiger partial charge in [-0.05, 0) is 67.8 Å². The highest BCUT2D eigenvalue weighted by atomic mass is 32.2. The minimum atomic E-state index is -4.18. The fourth-order valence-corrected chi connectivity index (χ4v) is 5.38. The number of anilines is 1. The zero-order valence-corrected chi connectivity index (χ0v) is 22.7. The molecular formula is C29H34FN3O4S. The number of rotatable bonds is 12. The first-order valence-corrected chi connectivity index (χ1v) is 14.0. The lowest BCUT2D eigenvalue weighted by Gasteiger charge is -2.32. The zero-order chi connectivity index (χ0) is 27.7. The van der Waals surface area contributed by atoms with Crippen molar-refractivity contribution >= 4 is 27.5 Å². The van der Waals surface area contributed by atoms with E-state index in [0.717, 1.165) is 40.4 Å². The molecule has 0 heterocycles. The van der Waals surface area contributed by atoms with Crippen molar-refractivity contribution in [2.24, 2.45) is 0 Å². The first-order valence-electron chi connectivity index (χ1n) is 12.6. The van der Waals surface area contributed by atoms with E-state index in [0.29, 0.717) is 6.54 Å². The molecule has 9 heteroatoms. The molecule has 0 aliphatic carbocycles. The van der Waals surface area contributed by atoms with E-state index in [1.807, 2.05) is 38.1 Å². The maximum atomic E-state index is 13.8. The van der Waals surface area contributed by atoms with Gasteiger partial charge in [0.1, 0.15) is 18.4 Å². The molecule has 0 fully saturated rings. The Bertz CT molecular complexity index is 1330. The summed E-state index contributed by atoms with van der Waals surface area (Å²) in [4.78, 5) is 28.2. The van der Waals surface area contributed by atoms with Crippen LogP contribution >= 0.6 is 0 Å². The van der Waals surface area contributed by atoms with Gasteiger partial charge in [-0.3, -0.25) is 13.9 Å². The van der Waals surface area contributed by atoms with Gasteiger partial charge < -0.3 is 10.2 Å². The third-order valence-electron chi connectivity index (χ3n) is 6.32. The SMILES string of the molecule is CCCCNC(=O)[C@@H](C)N(Cc1ccccc1C)C(=O)CN(c1ccc(F)cc1)S(=O)(=O)c1ccccc1. The van der Waals surface area contributed by atoms with Gasteiger partial charge in [-0.2, -0.15) is 0 Å². The number of benzene rings is 3. The van der Waals surface area contributed by atoms with Crippen molar-refractivity contribution in [1.82, 2.24) is 10.2 Å². The van der Waals surface area contributed by atoms with Gasteiger partial charge in [-0.15, -0.1) is 0 Å². The largest absolute Gasteiger partial charge is 0.354 e. The number of nitrogens with zero attached hydrogens (tertiary/aromatic N) is 2. The molecule has 0 aromatic heterocycles. The Kier molecular flexibility index (Phi) is 10.0. The van der Waals surface area contributed by atoms with Crippen LogP contribution in [0.3, 0.4) is 0 Å². The summed E-state index contributed by atoms with van der Waals surface area (Å²) in [6, 6.07) is 19.3. The van der Waals surface area contributed by atoms with Crippen molar-refractivity contribution in [2.75, 3.05) is 17.4 Å². The van der Waals surface area contributed by atoms with Crippen LogP contribution in [0.1, 0.15) is 37.8 Å². The van der Waals surface area contributed by atoms with E-state index in [1.54, 1.807) is 25.1 Å². The van der Waals surface area contributed by atoms with E-state index in [4.69, 9.17) is 0 Å². The normalized spacial score (nSPS) is 12.0. The molecule has 38 heavy (non-hydrogen) atoms. The minimum Gasteiger partial charge on any atom is -0.354 e. The lowest BCUT2D eigenvalue weighted by Crippen LogP contribution is -2.51. The molecule has 0 radical (unpaired) electrons. The Morgan fingerprint density at radius 3 is 2.21 bits per heavy atom. The van der Waals surface area contributed by atoms with Gasteiger partial charge in [0.25, 0.3) is 10.0 Å². The molecule has 0 aliphatic rings. The summed E-state index contributed by atoms with van der Waals surface area (Å²) >= 11 is 0. The summed E-state index contributed by atoms with van der Waals surface area (Å²) in [5, 5.41) is 2.86. The molecule has 0 saturated carbocycles. The molecule has 0 saturated heterocycles. The van der Waals surface area contributed by atoms with Crippen molar-refractivity contribution in [1.29, 1.82) is 0 Å². The van der Waals surface area contributed by atoms with Crippen LogP contribution in [-0.2, 0) is 26.2 Å². The van der Waals surface area contributed by atoms with Crippen LogP contribution in [0.15, 0.2) is 83.8 Å². The number of sulfonamides is 1.